The lowest BCUT2D eigenvalue weighted by Gasteiger charge is -2.35. The normalized spacial score (nSPS) is 23.5. The largest absolute Gasteiger partial charge is 0.460 e. The monoisotopic (exact) mass is 425 g/mol. The number of aliphatic hydroxyl groups is 1. The Bertz CT molecular complexity index is 853. The third-order valence-corrected chi connectivity index (χ3v) is 6.94. The lowest BCUT2D eigenvalue weighted by molar-refractivity contribution is -0.154. The van der Waals surface area contributed by atoms with E-state index in [0.717, 1.165) is 36.8 Å². The summed E-state index contributed by atoms with van der Waals surface area (Å²) >= 11 is 0. The Balaban J connectivity index is 1.52. The van der Waals surface area contributed by atoms with Gasteiger partial charge in [0, 0.05) is 31.5 Å². The molecule has 166 valence electrons. The second-order valence-corrected chi connectivity index (χ2v) is 8.99. The summed E-state index contributed by atoms with van der Waals surface area (Å²) in [4.78, 5) is 15.5. The van der Waals surface area contributed by atoms with Crippen molar-refractivity contribution in [2.45, 2.75) is 50.7 Å². The molecule has 3 atom stereocenters. The first-order valence-corrected chi connectivity index (χ1v) is 11.5. The van der Waals surface area contributed by atoms with Crippen LogP contribution in [0.15, 0.2) is 54.6 Å². The number of hydrogen-bond donors (Lipinski definition) is 1. The van der Waals surface area contributed by atoms with E-state index in [4.69, 9.17) is 4.74 Å². The highest BCUT2D eigenvalue weighted by Crippen LogP contribution is 2.38. The quantitative estimate of drug-likeness (QED) is 0.663. The van der Waals surface area contributed by atoms with E-state index in [0.29, 0.717) is 13.1 Å². The Morgan fingerprint density at radius 2 is 1.84 bits per heavy atom. The second-order valence-electron chi connectivity index (χ2n) is 8.99. The van der Waals surface area contributed by atoms with E-state index in [1.807, 2.05) is 36.4 Å². The SMILES string of the molecule is O=C(OCc1ccccc1)C(C1CCCCC1)N1CC(CO)[C@@H](c2cccc(F)c2)C1. The number of esters is 1. The third-order valence-electron chi connectivity index (χ3n) is 6.94. The summed E-state index contributed by atoms with van der Waals surface area (Å²) in [6.07, 6.45) is 5.54. The molecule has 1 heterocycles. The summed E-state index contributed by atoms with van der Waals surface area (Å²) in [7, 11) is 0. The molecule has 1 saturated carbocycles. The summed E-state index contributed by atoms with van der Waals surface area (Å²) in [5.41, 5.74) is 1.87. The van der Waals surface area contributed by atoms with Gasteiger partial charge in [0.2, 0.25) is 0 Å². The van der Waals surface area contributed by atoms with Crippen molar-refractivity contribution in [3.05, 3.63) is 71.5 Å². The van der Waals surface area contributed by atoms with Gasteiger partial charge in [0.05, 0.1) is 0 Å². The average Bonchev–Trinajstić information content (AvgIpc) is 3.23. The molecule has 2 fully saturated rings. The highest BCUT2D eigenvalue weighted by molar-refractivity contribution is 5.76. The first-order chi connectivity index (χ1) is 15.2. The summed E-state index contributed by atoms with van der Waals surface area (Å²) in [6, 6.07) is 16.1. The number of ether oxygens (including phenoxy) is 1. The van der Waals surface area contributed by atoms with Crippen LogP contribution in [-0.2, 0) is 16.1 Å². The molecule has 0 aromatic heterocycles. The van der Waals surface area contributed by atoms with Crippen molar-refractivity contribution in [1.29, 1.82) is 0 Å². The first kappa shape index (κ1) is 22.0. The Kier molecular flexibility index (Phi) is 7.36. The van der Waals surface area contributed by atoms with Gasteiger partial charge in [-0.3, -0.25) is 9.69 Å². The van der Waals surface area contributed by atoms with Crippen LogP contribution in [0.3, 0.4) is 0 Å². The van der Waals surface area contributed by atoms with Crippen molar-refractivity contribution in [2.75, 3.05) is 19.7 Å². The van der Waals surface area contributed by atoms with Gasteiger partial charge in [-0.1, -0.05) is 61.7 Å². The summed E-state index contributed by atoms with van der Waals surface area (Å²) in [5.74, 6) is -0.183. The number of likely N-dealkylation sites (tertiary alicyclic amines) is 1. The number of carbonyl (C=O) groups is 1. The maximum Gasteiger partial charge on any atom is 0.323 e. The van der Waals surface area contributed by atoms with E-state index in [-0.39, 0.29) is 48.8 Å². The predicted molar refractivity (Wildman–Crippen MR) is 118 cm³/mol. The zero-order valence-electron chi connectivity index (χ0n) is 18.0. The van der Waals surface area contributed by atoms with E-state index < -0.39 is 0 Å². The van der Waals surface area contributed by atoms with E-state index in [1.54, 1.807) is 12.1 Å². The second kappa shape index (κ2) is 10.4. The van der Waals surface area contributed by atoms with Crippen LogP contribution in [-0.4, -0.2) is 41.7 Å². The molecule has 2 aliphatic rings. The van der Waals surface area contributed by atoms with Gasteiger partial charge in [-0.15, -0.1) is 0 Å². The molecule has 1 N–H and O–H groups in total. The molecule has 2 aromatic rings. The predicted octanol–water partition coefficient (Wildman–Crippen LogP) is 4.53. The molecular formula is C26H32FNO3. The number of benzene rings is 2. The summed E-state index contributed by atoms with van der Waals surface area (Å²) < 4.78 is 19.6. The molecule has 0 bridgehead atoms. The van der Waals surface area contributed by atoms with Gasteiger partial charge in [0.1, 0.15) is 18.5 Å². The standard InChI is InChI=1S/C26H32FNO3/c27-23-13-7-12-21(14-23)24-16-28(15-22(24)17-29)25(20-10-5-2-6-11-20)26(30)31-18-19-8-3-1-4-9-19/h1,3-4,7-9,12-14,20,22,24-25,29H,2,5-6,10-11,15-18H2/t22?,24-,25?/m1/s1. The van der Waals surface area contributed by atoms with Crippen molar-refractivity contribution >= 4 is 5.97 Å². The summed E-state index contributed by atoms with van der Waals surface area (Å²) in [6.45, 7) is 1.55. The molecule has 1 aliphatic heterocycles. The minimum absolute atomic E-state index is 0.00807. The molecule has 31 heavy (non-hydrogen) atoms. The Morgan fingerprint density at radius 1 is 1.06 bits per heavy atom. The fourth-order valence-corrected chi connectivity index (χ4v) is 5.34. The zero-order chi connectivity index (χ0) is 21.6. The van der Waals surface area contributed by atoms with Crippen LogP contribution in [0.25, 0.3) is 0 Å². The molecule has 2 unspecified atom stereocenters. The third kappa shape index (κ3) is 5.34. The van der Waals surface area contributed by atoms with Gasteiger partial charge in [-0.05, 0) is 42.0 Å². The van der Waals surface area contributed by atoms with E-state index in [2.05, 4.69) is 4.90 Å². The van der Waals surface area contributed by atoms with Gasteiger partial charge in [0.15, 0.2) is 0 Å². The number of halogens is 1. The molecule has 4 nitrogen and oxygen atoms in total. The minimum atomic E-state index is -0.309. The Labute approximate surface area is 184 Å². The number of nitrogens with zero attached hydrogens (tertiary/aromatic N) is 1. The number of rotatable bonds is 7. The summed E-state index contributed by atoms with van der Waals surface area (Å²) in [5, 5.41) is 10.0. The van der Waals surface area contributed by atoms with Crippen molar-refractivity contribution < 1.29 is 19.0 Å². The van der Waals surface area contributed by atoms with E-state index >= 15 is 0 Å². The van der Waals surface area contributed by atoms with E-state index in [9.17, 15) is 14.3 Å². The number of aliphatic hydroxyl groups excluding tert-OH is 1. The van der Waals surface area contributed by atoms with Crippen LogP contribution in [0.1, 0.15) is 49.1 Å². The van der Waals surface area contributed by atoms with Gasteiger partial charge >= 0.3 is 5.97 Å². The van der Waals surface area contributed by atoms with Gasteiger partial charge in [-0.2, -0.15) is 0 Å². The number of hydrogen-bond acceptors (Lipinski definition) is 4. The molecule has 0 radical (unpaired) electrons. The zero-order valence-corrected chi connectivity index (χ0v) is 18.0. The molecule has 4 rings (SSSR count). The Hall–Kier alpha value is -2.24. The van der Waals surface area contributed by atoms with Crippen LogP contribution in [0.2, 0.25) is 0 Å². The van der Waals surface area contributed by atoms with Gasteiger partial charge < -0.3 is 9.84 Å². The average molecular weight is 426 g/mol. The van der Waals surface area contributed by atoms with Crippen LogP contribution in [0, 0.1) is 17.7 Å². The smallest absolute Gasteiger partial charge is 0.323 e. The topological polar surface area (TPSA) is 49.8 Å². The number of carbonyl (C=O) groups excluding carboxylic acids is 1. The molecule has 0 spiro atoms. The first-order valence-electron chi connectivity index (χ1n) is 11.5. The van der Waals surface area contributed by atoms with Crippen molar-refractivity contribution in [2.24, 2.45) is 11.8 Å². The molecular weight excluding hydrogens is 393 g/mol. The Morgan fingerprint density at radius 3 is 2.55 bits per heavy atom. The van der Waals surface area contributed by atoms with Gasteiger partial charge in [0.25, 0.3) is 0 Å². The maximum absolute atomic E-state index is 13.8. The lowest BCUT2D eigenvalue weighted by atomic mass is 9.83. The fourth-order valence-electron chi connectivity index (χ4n) is 5.34. The van der Waals surface area contributed by atoms with Crippen LogP contribution in [0.5, 0.6) is 0 Å². The highest BCUT2D eigenvalue weighted by Gasteiger charge is 2.43. The molecule has 1 saturated heterocycles. The van der Waals surface area contributed by atoms with Crippen LogP contribution < -0.4 is 0 Å². The molecule has 5 heteroatoms. The molecule has 2 aromatic carbocycles. The highest BCUT2D eigenvalue weighted by atomic mass is 19.1. The molecule has 0 amide bonds. The fraction of sp³-hybridized carbons (Fsp3) is 0.500. The maximum atomic E-state index is 13.8. The van der Waals surface area contributed by atoms with Crippen LogP contribution in [0.4, 0.5) is 4.39 Å². The van der Waals surface area contributed by atoms with Crippen molar-refractivity contribution in [3.8, 4) is 0 Å². The lowest BCUT2D eigenvalue weighted by Crippen LogP contribution is -2.47. The van der Waals surface area contributed by atoms with Crippen molar-refractivity contribution in [3.63, 3.8) is 0 Å². The van der Waals surface area contributed by atoms with E-state index in [1.165, 1.54) is 12.5 Å². The van der Waals surface area contributed by atoms with Crippen LogP contribution >= 0.6 is 0 Å². The molecule has 1 aliphatic carbocycles. The van der Waals surface area contributed by atoms with Gasteiger partial charge in [-0.25, -0.2) is 4.39 Å². The van der Waals surface area contributed by atoms with Crippen molar-refractivity contribution in [1.82, 2.24) is 4.90 Å². The minimum Gasteiger partial charge on any atom is -0.460 e.